The van der Waals surface area contributed by atoms with E-state index < -0.39 is 0 Å². The third-order valence-corrected chi connectivity index (χ3v) is 5.67. The van der Waals surface area contributed by atoms with Gasteiger partial charge in [0, 0.05) is 40.4 Å². The van der Waals surface area contributed by atoms with Gasteiger partial charge in [0.05, 0.1) is 0 Å². The molecule has 4 aromatic carbocycles. The molecule has 2 heterocycles. The number of nitrogens with zero attached hydrogens (tertiary/aromatic N) is 2. The van der Waals surface area contributed by atoms with Gasteiger partial charge in [0.2, 0.25) is 0 Å². The van der Waals surface area contributed by atoms with Gasteiger partial charge in [-0.3, -0.25) is 9.97 Å². The number of phenolic OH excluding ortho intramolecular Hbond substituents is 2. The molecule has 0 saturated carbocycles. The Kier molecular flexibility index (Phi) is 11.5. The predicted octanol–water partition coefficient (Wildman–Crippen LogP) is 7.48. The van der Waals surface area contributed by atoms with Gasteiger partial charge in [-0.05, 0) is 49.2 Å². The topological polar surface area (TPSA) is 104 Å². The fraction of sp³-hybridized carbons (Fsp3) is 0.0909. The van der Waals surface area contributed by atoms with Crippen LogP contribution in [0, 0.1) is 0 Å². The Labute approximate surface area is 242 Å². The third kappa shape index (κ3) is 7.84. The molecule has 0 atom stereocenters. The molecule has 0 bridgehead atoms. The van der Waals surface area contributed by atoms with E-state index in [-0.39, 0.29) is 17.6 Å². The quantitative estimate of drug-likeness (QED) is 0.200. The summed E-state index contributed by atoms with van der Waals surface area (Å²) in [6.07, 6.45) is 3.22. The fourth-order valence-corrected chi connectivity index (χ4v) is 3.96. The SMILES string of the molecule is CC(C)O.Oc1c(-c2ccccc2)ccc2cccnc12.Oc1c(-c2ccccc2)ccc2cccnc12.[O]=[V]. The molecule has 0 unspecified atom stereocenters. The number of aliphatic hydroxyl groups is 1. The summed E-state index contributed by atoms with van der Waals surface area (Å²) >= 11 is 1.06. The van der Waals surface area contributed by atoms with Crippen LogP contribution in [-0.4, -0.2) is 31.4 Å². The van der Waals surface area contributed by atoms with Crippen LogP contribution in [0.2, 0.25) is 0 Å². The molecule has 0 radical (unpaired) electrons. The van der Waals surface area contributed by atoms with E-state index in [4.69, 9.17) is 8.78 Å². The summed E-state index contributed by atoms with van der Waals surface area (Å²) in [6, 6.07) is 35.1. The molecule has 2 aromatic heterocycles. The van der Waals surface area contributed by atoms with E-state index in [2.05, 4.69) is 9.97 Å². The molecule has 6 aromatic rings. The van der Waals surface area contributed by atoms with Crippen molar-refractivity contribution in [3.05, 3.63) is 122 Å². The van der Waals surface area contributed by atoms with Crippen LogP contribution in [0.3, 0.4) is 0 Å². The van der Waals surface area contributed by atoms with Gasteiger partial charge in [0.15, 0.2) is 0 Å². The average Bonchev–Trinajstić information content (AvgIpc) is 3.00. The van der Waals surface area contributed by atoms with Crippen molar-refractivity contribution in [2.45, 2.75) is 20.0 Å². The molecule has 0 spiro atoms. The van der Waals surface area contributed by atoms with Crippen LogP contribution in [0.15, 0.2) is 122 Å². The molecule has 201 valence electrons. The van der Waals surface area contributed by atoms with Gasteiger partial charge in [-0.15, -0.1) is 0 Å². The van der Waals surface area contributed by atoms with Gasteiger partial charge < -0.3 is 15.3 Å². The van der Waals surface area contributed by atoms with Crippen molar-refractivity contribution in [2.24, 2.45) is 0 Å². The van der Waals surface area contributed by atoms with Crippen molar-refractivity contribution in [1.29, 1.82) is 0 Å². The Morgan fingerprint density at radius 2 is 0.900 bits per heavy atom. The fourth-order valence-electron chi connectivity index (χ4n) is 3.96. The van der Waals surface area contributed by atoms with Crippen molar-refractivity contribution in [3.8, 4) is 33.8 Å². The Hall–Kier alpha value is -4.36. The summed E-state index contributed by atoms with van der Waals surface area (Å²) in [5.74, 6) is 0.489. The van der Waals surface area contributed by atoms with E-state index >= 15 is 0 Å². The summed E-state index contributed by atoms with van der Waals surface area (Å²) in [4.78, 5) is 8.43. The monoisotopic (exact) mass is 569 g/mol. The van der Waals surface area contributed by atoms with Crippen LogP contribution in [-0.2, 0) is 21.0 Å². The first kappa shape index (κ1) is 30.2. The summed E-state index contributed by atoms with van der Waals surface area (Å²) in [7, 11) is 0. The number of aromatic nitrogens is 2. The van der Waals surface area contributed by atoms with E-state index in [9.17, 15) is 10.2 Å². The van der Waals surface area contributed by atoms with E-state index in [1.54, 1.807) is 26.2 Å². The van der Waals surface area contributed by atoms with Crippen molar-refractivity contribution in [2.75, 3.05) is 0 Å². The number of pyridine rings is 2. The Morgan fingerprint density at radius 1 is 0.550 bits per heavy atom. The van der Waals surface area contributed by atoms with Crippen LogP contribution < -0.4 is 0 Å². The van der Waals surface area contributed by atoms with Crippen LogP contribution in [0.4, 0.5) is 0 Å². The van der Waals surface area contributed by atoms with Gasteiger partial charge in [-0.1, -0.05) is 84.9 Å². The number of hydrogen-bond acceptors (Lipinski definition) is 6. The molecule has 40 heavy (non-hydrogen) atoms. The summed E-state index contributed by atoms with van der Waals surface area (Å²) in [6.45, 7) is 3.44. The number of aromatic hydroxyl groups is 2. The number of hydrogen-bond donors (Lipinski definition) is 3. The maximum absolute atomic E-state index is 10.2. The van der Waals surface area contributed by atoms with Crippen molar-refractivity contribution >= 4 is 21.8 Å². The molecular formula is C33H30N2O4V. The van der Waals surface area contributed by atoms with Crippen molar-refractivity contribution < 1.29 is 36.4 Å². The van der Waals surface area contributed by atoms with Gasteiger partial charge in [0.25, 0.3) is 0 Å². The summed E-state index contributed by atoms with van der Waals surface area (Å²) in [5, 5.41) is 30.4. The third-order valence-electron chi connectivity index (χ3n) is 5.67. The molecule has 0 saturated heterocycles. The standard InChI is InChI=1S/2C15H11NO.C3H8O.O.V/c2*17-15-13(11-5-2-1-3-6-11)9-8-12-7-4-10-16-14(12)15;1-3(2)4;;/h2*1-10,17H;3-4H,1-2H3;;. The van der Waals surface area contributed by atoms with Gasteiger partial charge in [0.1, 0.15) is 22.5 Å². The van der Waals surface area contributed by atoms with Crippen LogP contribution in [0.1, 0.15) is 13.8 Å². The molecule has 0 fully saturated rings. The number of aliphatic hydroxyl groups excluding tert-OH is 1. The van der Waals surface area contributed by atoms with Crippen LogP contribution in [0.25, 0.3) is 44.1 Å². The van der Waals surface area contributed by atoms with E-state index in [1.807, 2.05) is 109 Å². The van der Waals surface area contributed by atoms with E-state index in [0.717, 1.165) is 50.4 Å². The number of phenols is 2. The zero-order valence-corrected chi connectivity index (χ0v) is 23.6. The number of rotatable bonds is 2. The first-order valence-corrected chi connectivity index (χ1v) is 13.1. The molecule has 6 rings (SSSR count). The zero-order valence-electron chi connectivity index (χ0n) is 22.2. The second-order valence-corrected chi connectivity index (χ2v) is 8.90. The summed E-state index contributed by atoms with van der Waals surface area (Å²) < 4.78 is 8.19. The molecule has 0 amide bonds. The molecular weight excluding hydrogens is 539 g/mol. The molecule has 0 aliphatic carbocycles. The Balaban J connectivity index is 0.000000185. The zero-order chi connectivity index (χ0) is 28.9. The first-order valence-electron chi connectivity index (χ1n) is 12.6. The predicted molar refractivity (Wildman–Crippen MR) is 156 cm³/mol. The van der Waals surface area contributed by atoms with Crippen molar-refractivity contribution in [3.63, 3.8) is 0 Å². The molecule has 3 N–H and O–H groups in total. The van der Waals surface area contributed by atoms with Crippen LogP contribution in [0.5, 0.6) is 11.5 Å². The van der Waals surface area contributed by atoms with Crippen molar-refractivity contribution in [1.82, 2.24) is 9.97 Å². The minimum absolute atomic E-state index is 0.167. The minimum atomic E-state index is -0.167. The number of fused-ring (bicyclic) bond motifs is 2. The average molecular weight is 570 g/mol. The molecule has 6 nitrogen and oxygen atoms in total. The Morgan fingerprint density at radius 3 is 1.25 bits per heavy atom. The van der Waals surface area contributed by atoms with Gasteiger partial charge >= 0.3 is 21.0 Å². The molecule has 0 aliphatic rings. The van der Waals surface area contributed by atoms with E-state index in [1.165, 1.54) is 0 Å². The Bertz CT molecular complexity index is 1520. The maximum atomic E-state index is 10.2. The first-order chi connectivity index (χ1) is 19.5. The normalized spacial score (nSPS) is 9.97. The number of benzene rings is 4. The van der Waals surface area contributed by atoms with Gasteiger partial charge in [-0.2, -0.15) is 0 Å². The molecule has 7 heteroatoms. The van der Waals surface area contributed by atoms with E-state index in [0.29, 0.717) is 11.0 Å². The second-order valence-electron chi connectivity index (χ2n) is 8.90. The van der Waals surface area contributed by atoms with Gasteiger partial charge in [-0.25, -0.2) is 0 Å². The van der Waals surface area contributed by atoms with Crippen LogP contribution >= 0.6 is 0 Å². The summed E-state index contributed by atoms with van der Waals surface area (Å²) in [5.41, 5.74) is 4.92. The second kappa shape index (κ2) is 15.3. The molecule has 0 aliphatic heterocycles.